The minimum atomic E-state index is -0.296. The van der Waals surface area contributed by atoms with Crippen LogP contribution in [-0.2, 0) is 0 Å². The number of carbonyl (C=O) groups is 1. The third-order valence-electron chi connectivity index (χ3n) is 4.70. The lowest BCUT2D eigenvalue weighted by Gasteiger charge is -2.14. The molecule has 4 rings (SSSR count). The highest BCUT2D eigenvalue weighted by Gasteiger charge is 2.17. The highest BCUT2D eigenvalue weighted by atomic mass is 16.5. The third kappa shape index (κ3) is 3.53. The molecule has 0 aliphatic heterocycles. The van der Waals surface area contributed by atoms with Gasteiger partial charge in [-0.25, -0.2) is 0 Å². The summed E-state index contributed by atoms with van der Waals surface area (Å²) in [5, 5.41) is 7.80. The zero-order valence-corrected chi connectivity index (χ0v) is 16.8. The van der Waals surface area contributed by atoms with Gasteiger partial charge in [-0.2, -0.15) is 0 Å². The molecule has 0 radical (unpaired) electrons. The van der Waals surface area contributed by atoms with E-state index in [1.807, 2.05) is 36.4 Å². The monoisotopic (exact) mass is 404 g/mol. The van der Waals surface area contributed by atoms with Crippen molar-refractivity contribution in [2.45, 2.75) is 0 Å². The molecule has 1 amide bonds. The number of fused-ring (bicyclic) bond motifs is 1. The van der Waals surface area contributed by atoms with E-state index in [1.54, 1.807) is 24.3 Å². The van der Waals surface area contributed by atoms with E-state index in [0.29, 0.717) is 39.8 Å². The number of rotatable bonds is 6. The van der Waals surface area contributed by atoms with Gasteiger partial charge >= 0.3 is 0 Å². The van der Waals surface area contributed by atoms with Crippen LogP contribution < -0.4 is 19.5 Å². The second-order valence-electron chi connectivity index (χ2n) is 6.48. The number of amides is 1. The van der Waals surface area contributed by atoms with E-state index in [2.05, 4.69) is 10.5 Å². The zero-order valence-electron chi connectivity index (χ0n) is 16.8. The van der Waals surface area contributed by atoms with Crippen molar-refractivity contribution in [1.82, 2.24) is 5.16 Å². The second-order valence-corrected chi connectivity index (χ2v) is 6.48. The van der Waals surface area contributed by atoms with E-state index < -0.39 is 0 Å². The Hall–Kier alpha value is -4.00. The number of benzene rings is 3. The summed E-state index contributed by atoms with van der Waals surface area (Å²) in [5.74, 6) is 1.73. The van der Waals surface area contributed by atoms with E-state index in [9.17, 15) is 4.79 Å². The normalized spacial score (nSPS) is 10.6. The molecule has 0 unspecified atom stereocenters. The summed E-state index contributed by atoms with van der Waals surface area (Å²) in [6, 6.07) is 18.3. The minimum absolute atomic E-state index is 0.296. The summed E-state index contributed by atoms with van der Waals surface area (Å²) in [4.78, 5) is 12.8. The van der Waals surface area contributed by atoms with Gasteiger partial charge in [-0.1, -0.05) is 35.5 Å². The molecule has 1 N–H and O–H groups in total. The predicted octanol–water partition coefficient (Wildman–Crippen LogP) is 4.77. The molecule has 0 spiro atoms. The van der Waals surface area contributed by atoms with Crippen LogP contribution in [0.15, 0.2) is 65.2 Å². The smallest absolute Gasteiger partial charge is 0.255 e. The SMILES string of the molecule is COc1cc(NC(=O)c2ccc3c(-c4ccccc4)onc3c2)cc(OC)c1OC. The minimum Gasteiger partial charge on any atom is -0.493 e. The van der Waals surface area contributed by atoms with Crippen molar-refractivity contribution in [3.05, 3.63) is 66.2 Å². The van der Waals surface area contributed by atoms with E-state index in [4.69, 9.17) is 18.7 Å². The molecule has 7 heteroatoms. The van der Waals surface area contributed by atoms with Crippen LogP contribution in [0.1, 0.15) is 10.4 Å². The summed E-state index contributed by atoms with van der Waals surface area (Å²) >= 11 is 0. The third-order valence-corrected chi connectivity index (χ3v) is 4.70. The zero-order chi connectivity index (χ0) is 21.1. The van der Waals surface area contributed by atoms with Gasteiger partial charge in [0.05, 0.1) is 21.3 Å². The van der Waals surface area contributed by atoms with Crippen LogP contribution in [0, 0.1) is 0 Å². The average molecular weight is 404 g/mol. The largest absolute Gasteiger partial charge is 0.493 e. The van der Waals surface area contributed by atoms with Gasteiger partial charge in [-0.05, 0) is 18.2 Å². The van der Waals surface area contributed by atoms with Crippen LogP contribution in [-0.4, -0.2) is 32.4 Å². The number of anilines is 1. The van der Waals surface area contributed by atoms with Gasteiger partial charge in [0.15, 0.2) is 17.3 Å². The molecule has 1 aromatic heterocycles. The Morgan fingerprint density at radius 2 is 1.60 bits per heavy atom. The van der Waals surface area contributed by atoms with Crippen molar-refractivity contribution in [2.75, 3.05) is 26.6 Å². The van der Waals surface area contributed by atoms with E-state index in [1.165, 1.54) is 21.3 Å². The van der Waals surface area contributed by atoms with Crippen LogP contribution in [0.5, 0.6) is 17.2 Å². The Kier molecular flexibility index (Phi) is 5.26. The first-order valence-electron chi connectivity index (χ1n) is 9.20. The fourth-order valence-corrected chi connectivity index (χ4v) is 3.24. The van der Waals surface area contributed by atoms with Gasteiger partial charge in [0.2, 0.25) is 5.75 Å². The van der Waals surface area contributed by atoms with Crippen molar-refractivity contribution in [3.8, 4) is 28.6 Å². The first-order chi connectivity index (χ1) is 14.6. The highest BCUT2D eigenvalue weighted by Crippen LogP contribution is 2.40. The van der Waals surface area contributed by atoms with Gasteiger partial charge in [-0.15, -0.1) is 0 Å². The maximum atomic E-state index is 12.8. The van der Waals surface area contributed by atoms with Crippen molar-refractivity contribution in [1.29, 1.82) is 0 Å². The fraction of sp³-hybridized carbons (Fsp3) is 0.130. The number of hydrogen-bond acceptors (Lipinski definition) is 6. The lowest BCUT2D eigenvalue weighted by atomic mass is 10.1. The van der Waals surface area contributed by atoms with Crippen LogP contribution >= 0.6 is 0 Å². The van der Waals surface area contributed by atoms with E-state index >= 15 is 0 Å². The standard InChI is InChI=1S/C23H20N2O5/c1-27-19-12-16(13-20(28-2)22(19)29-3)24-23(26)15-9-10-17-18(11-15)25-30-21(17)14-7-5-4-6-8-14/h4-13H,1-3H3,(H,24,26). The molecule has 4 aromatic rings. The summed E-state index contributed by atoms with van der Waals surface area (Å²) in [5.41, 5.74) is 2.49. The molecule has 0 saturated heterocycles. The Morgan fingerprint density at radius 3 is 2.23 bits per heavy atom. The first kappa shape index (κ1) is 19.3. The van der Waals surface area contributed by atoms with E-state index in [-0.39, 0.29) is 5.91 Å². The summed E-state index contributed by atoms with van der Waals surface area (Å²) < 4.78 is 21.5. The molecule has 0 fully saturated rings. The van der Waals surface area contributed by atoms with Gasteiger partial charge in [0, 0.05) is 34.3 Å². The molecular weight excluding hydrogens is 384 g/mol. The number of nitrogens with zero attached hydrogens (tertiary/aromatic N) is 1. The Labute approximate surface area is 173 Å². The second kappa shape index (κ2) is 8.16. The topological polar surface area (TPSA) is 82.8 Å². The number of aromatic nitrogens is 1. The maximum Gasteiger partial charge on any atom is 0.255 e. The Morgan fingerprint density at radius 1 is 0.900 bits per heavy atom. The highest BCUT2D eigenvalue weighted by molar-refractivity contribution is 6.07. The first-order valence-corrected chi connectivity index (χ1v) is 9.20. The quantitative estimate of drug-likeness (QED) is 0.498. The summed E-state index contributed by atoms with van der Waals surface area (Å²) in [6.07, 6.45) is 0. The van der Waals surface area contributed by atoms with Crippen molar-refractivity contribution in [3.63, 3.8) is 0 Å². The number of methoxy groups -OCH3 is 3. The molecule has 0 bridgehead atoms. The molecule has 7 nitrogen and oxygen atoms in total. The van der Waals surface area contributed by atoms with Gasteiger partial charge in [-0.3, -0.25) is 4.79 Å². The van der Waals surface area contributed by atoms with Crippen molar-refractivity contribution in [2.24, 2.45) is 0 Å². The van der Waals surface area contributed by atoms with Crippen molar-refractivity contribution >= 4 is 22.5 Å². The Bertz CT molecular complexity index is 1180. The number of ether oxygens (including phenoxy) is 3. The van der Waals surface area contributed by atoms with Gasteiger partial charge < -0.3 is 24.1 Å². The molecule has 1 heterocycles. The Balaban J connectivity index is 1.63. The molecule has 3 aromatic carbocycles. The van der Waals surface area contributed by atoms with Crippen LogP contribution in [0.3, 0.4) is 0 Å². The molecule has 30 heavy (non-hydrogen) atoms. The maximum absolute atomic E-state index is 12.8. The molecule has 0 aliphatic rings. The van der Waals surface area contributed by atoms with Gasteiger partial charge in [0.25, 0.3) is 5.91 Å². The molecule has 0 atom stereocenters. The predicted molar refractivity (Wildman–Crippen MR) is 113 cm³/mol. The van der Waals surface area contributed by atoms with Crippen molar-refractivity contribution < 1.29 is 23.5 Å². The lowest BCUT2D eigenvalue weighted by Crippen LogP contribution is -2.12. The molecule has 0 saturated carbocycles. The van der Waals surface area contributed by atoms with Crippen LogP contribution in [0.25, 0.3) is 22.2 Å². The summed E-state index contributed by atoms with van der Waals surface area (Å²) in [6.45, 7) is 0. The molecular formula is C23H20N2O5. The number of nitrogens with one attached hydrogen (secondary N) is 1. The van der Waals surface area contributed by atoms with E-state index in [0.717, 1.165) is 10.9 Å². The number of hydrogen-bond donors (Lipinski definition) is 1. The average Bonchev–Trinajstić information content (AvgIpc) is 3.22. The summed E-state index contributed by atoms with van der Waals surface area (Å²) in [7, 11) is 4.56. The van der Waals surface area contributed by atoms with Crippen LogP contribution in [0.4, 0.5) is 5.69 Å². The molecule has 0 aliphatic carbocycles. The number of carbonyl (C=O) groups excluding carboxylic acids is 1. The fourth-order valence-electron chi connectivity index (χ4n) is 3.24. The lowest BCUT2D eigenvalue weighted by molar-refractivity contribution is 0.102. The molecule has 152 valence electrons. The van der Waals surface area contributed by atoms with Crippen LogP contribution in [0.2, 0.25) is 0 Å². The van der Waals surface area contributed by atoms with Gasteiger partial charge in [0.1, 0.15) is 5.52 Å².